The van der Waals surface area contributed by atoms with Crippen LogP contribution in [-0.4, -0.2) is 49.2 Å². The minimum Gasteiger partial charge on any atom is -0.420 e. The summed E-state index contributed by atoms with van der Waals surface area (Å²) in [6.45, 7) is 1.65. The summed E-state index contributed by atoms with van der Waals surface area (Å²) in [5.74, 6) is 1.43. The molecule has 9 heteroatoms. The van der Waals surface area contributed by atoms with Gasteiger partial charge < -0.3 is 9.15 Å². The lowest BCUT2D eigenvalue weighted by Crippen LogP contribution is -2.40. The normalized spacial score (nSPS) is 20.7. The second kappa shape index (κ2) is 6.55. The molecule has 0 amide bonds. The van der Waals surface area contributed by atoms with E-state index in [-0.39, 0.29) is 0 Å². The topological polar surface area (TPSA) is 85.5 Å². The Hall–Kier alpha value is -1.29. The summed E-state index contributed by atoms with van der Waals surface area (Å²) in [6, 6.07) is 3.36. The molecule has 0 aromatic carbocycles. The molecule has 2 aromatic rings. The third-order valence-corrected chi connectivity index (χ3v) is 7.94. The quantitative estimate of drug-likeness (QED) is 0.823. The van der Waals surface area contributed by atoms with Gasteiger partial charge >= 0.3 is 0 Å². The predicted octanol–water partition coefficient (Wildman–Crippen LogP) is 2.48. The molecule has 1 saturated carbocycles. The molecule has 0 bridgehead atoms. The molecule has 2 fully saturated rings. The number of rotatable bonds is 4. The molecule has 7 nitrogen and oxygen atoms in total. The first-order valence-electron chi connectivity index (χ1n) is 8.16. The van der Waals surface area contributed by atoms with Crippen molar-refractivity contribution in [3.8, 4) is 10.8 Å². The summed E-state index contributed by atoms with van der Waals surface area (Å²) in [5, 5.41) is 8.25. The monoisotopic (exact) mass is 369 g/mol. The van der Waals surface area contributed by atoms with Gasteiger partial charge in [-0.3, -0.25) is 0 Å². The highest BCUT2D eigenvalue weighted by Gasteiger charge is 2.29. The van der Waals surface area contributed by atoms with Crippen LogP contribution in [0.3, 0.4) is 0 Å². The fourth-order valence-corrected chi connectivity index (χ4v) is 5.95. The van der Waals surface area contributed by atoms with E-state index in [1.807, 2.05) is 0 Å². The van der Waals surface area contributed by atoms with Gasteiger partial charge in [-0.05, 0) is 25.0 Å². The van der Waals surface area contributed by atoms with Crippen LogP contribution in [0.15, 0.2) is 20.8 Å². The van der Waals surface area contributed by atoms with E-state index < -0.39 is 10.0 Å². The van der Waals surface area contributed by atoms with Gasteiger partial charge in [0.15, 0.2) is 0 Å². The molecule has 130 valence electrons. The van der Waals surface area contributed by atoms with Crippen molar-refractivity contribution in [3.05, 3.63) is 18.0 Å². The van der Waals surface area contributed by atoms with Gasteiger partial charge in [0.05, 0.1) is 18.1 Å². The lowest BCUT2D eigenvalue weighted by Gasteiger charge is -2.25. The van der Waals surface area contributed by atoms with Gasteiger partial charge in [-0.25, -0.2) is 8.42 Å². The molecule has 0 unspecified atom stereocenters. The standard InChI is InChI=1S/C15H19N3O4S2/c19-24(20,18-7-9-21-10-8-18)13-6-5-12(23-13)15-17-16-14(22-15)11-3-1-2-4-11/h5-6,11H,1-4,7-10H2. The van der Waals surface area contributed by atoms with Crippen LogP contribution in [0.2, 0.25) is 0 Å². The number of morpholine rings is 1. The highest BCUT2D eigenvalue weighted by atomic mass is 32.2. The Bertz CT molecular complexity index is 802. The van der Waals surface area contributed by atoms with Crippen LogP contribution in [0.25, 0.3) is 10.8 Å². The summed E-state index contributed by atoms with van der Waals surface area (Å²) in [6.07, 6.45) is 4.57. The summed E-state index contributed by atoms with van der Waals surface area (Å²) < 4.78 is 38.1. The second-order valence-corrected chi connectivity index (χ2v) is 9.31. The molecule has 1 aliphatic heterocycles. The Balaban J connectivity index is 1.56. The van der Waals surface area contributed by atoms with Crippen molar-refractivity contribution >= 4 is 21.4 Å². The molecule has 0 radical (unpaired) electrons. The molecule has 2 aromatic heterocycles. The van der Waals surface area contributed by atoms with Crippen LogP contribution in [-0.2, 0) is 14.8 Å². The average Bonchev–Trinajstić information content (AvgIpc) is 3.34. The minimum absolute atomic E-state index is 0.306. The Morgan fingerprint density at radius 3 is 2.62 bits per heavy atom. The summed E-state index contributed by atoms with van der Waals surface area (Å²) in [7, 11) is -3.48. The first kappa shape index (κ1) is 16.2. The molecule has 0 N–H and O–H groups in total. The molecule has 24 heavy (non-hydrogen) atoms. The average molecular weight is 369 g/mol. The van der Waals surface area contributed by atoms with E-state index in [1.54, 1.807) is 12.1 Å². The van der Waals surface area contributed by atoms with Crippen molar-refractivity contribution in [1.29, 1.82) is 0 Å². The maximum absolute atomic E-state index is 12.7. The van der Waals surface area contributed by atoms with Gasteiger partial charge in [0.25, 0.3) is 15.9 Å². The van der Waals surface area contributed by atoms with Gasteiger partial charge in [-0.15, -0.1) is 21.5 Å². The van der Waals surface area contributed by atoms with Crippen LogP contribution in [0.4, 0.5) is 0 Å². The lowest BCUT2D eigenvalue weighted by atomic mass is 10.1. The van der Waals surface area contributed by atoms with Crippen molar-refractivity contribution in [2.24, 2.45) is 0 Å². The Kier molecular flexibility index (Phi) is 4.42. The highest BCUT2D eigenvalue weighted by molar-refractivity contribution is 7.91. The molecule has 2 aliphatic rings. The van der Waals surface area contributed by atoms with Crippen LogP contribution >= 0.6 is 11.3 Å². The smallest absolute Gasteiger partial charge is 0.257 e. The summed E-state index contributed by atoms with van der Waals surface area (Å²) in [4.78, 5) is 0.693. The second-order valence-electron chi connectivity index (χ2n) is 6.06. The number of aromatic nitrogens is 2. The lowest BCUT2D eigenvalue weighted by molar-refractivity contribution is 0.0731. The highest BCUT2D eigenvalue weighted by Crippen LogP contribution is 2.36. The third kappa shape index (κ3) is 3.01. The zero-order valence-electron chi connectivity index (χ0n) is 13.2. The van der Waals surface area contributed by atoms with Gasteiger partial charge in [-0.1, -0.05) is 12.8 Å². The van der Waals surface area contributed by atoms with Crippen molar-refractivity contribution < 1.29 is 17.6 Å². The number of hydrogen-bond acceptors (Lipinski definition) is 7. The first-order chi connectivity index (χ1) is 11.6. The van der Waals surface area contributed by atoms with E-state index >= 15 is 0 Å². The van der Waals surface area contributed by atoms with E-state index in [1.165, 1.54) is 28.5 Å². The molecule has 1 aliphatic carbocycles. The number of nitrogens with zero attached hydrogens (tertiary/aromatic N) is 3. The maximum atomic E-state index is 12.7. The predicted molar refractivity (Wildman–Crippen MR) is 88.4 cm³/mol. The van der Waals surface area contributed by atoms with Gasteiger partial charge in [0.2, 0.25) is 5.89 Å². The van der Waals surface area contributed by atoms with Gasteiger partial charge in [0, 0.05) is 19.0 Å². The zero-order chi connectivity index (χ0) is 16.6. The number of sulfonamides is 1. The number of hydrogen-bond donors (Lipinski definition) is 0. The largest absolute Gasteiger partial charge is 0.420 e. The SMILES string of the molecule is O=S(=O)(c1ccc(-c2nnc(C3CCCC3)o2)s1)N1CCOCC1. The molecular weight excluding hydrogens is 350 g/mol. The van der Waals surface area contributed by atoms with E-state index in [0.29, 0.717) is 53.1 Å². The molecule has 4 rings (SSSR count). The number of ether oxygens (including phenoxy) is 1. The van der Waals surface area contributed by atoms with Gasteiger partial charge in [-0.2, -0.15) is 4.31 Å². The Morgan fingerprint density at radius 1 is 1.12 bits per heavy atom. The summed E-state index contributed by atoms with van der Waals surface area (Å²) >= 11 is 1.18. The fourth-order valence-electron chi connectivity index (χ4n) is 3.16. The van der Waals surface area contributed by atoms with Gasteiger partial charge in [0.1, 0.15) is 4.21 Å². The minimum atomic E-state index is -3.48. The first-order valence-corrected chi connectivity index (χ1v) is 10.4. The molecular formula is C15H19N3O4S2. The van der Waals surface area contributed by atoms with Crippen LogP contribution in [0.5, 0.6) is 0 Å². The third-order valence-electron chi connectivity index (χ3n) is 4.50. The van der Waals surface area contributed by atoms with Crippen LogP contribution in [0, 0.1) is 0 Å². The van der Waals surface area contributed by atoms with E-state index in [0.717, 1.165) is 12.8 Å². The van der Waals surface area contributed by atoms with E-state index in [9.17, 15) is 8.42 Å². The van der Waals surface area contributed by atoms with Crippen LogP contribution < -0.4 is 0 Å². The number of thiophene rings is 1. The van der Waals surface area contributed by atoms with Crippen molar-refractivity contribution in [3.63, 3.8) is 0 Å². The molecule has 0 spiro atoms. The summed E-state index contributed by atoms with van der Waals surface area (Å²) in [5.41, 5.74) is 0. The molecule has 3 heterocycles. The van der Waals surface area contributed by atoms with Crippen molar-refractivity contribution in [2.45, 2.75) is 35.8 Å². The zero-order valence-corrected chi connectivity index (χ0v) is 14.8. The van der Waals surface area contributed by atoms with E-state index in [4.69, 9.17) is 9.15 Å². The Morgan fingerprint density at radius 2 is 1.88 bits per heavy atom. The van der Waals surface area contributed by atoms with E-state index in [2.05, 4.69) is 10.2 Å². The Labute approximate surface area is 144 Å². The molecule has 0 atom stereocenters. The van der Waals surface area contributed by atoms with Crippen molar-refractivity contribution in [1.82, 2.24) is 14.5 Å². The maximum Gasteiger partial charge on any atom is 0.257 e. The van der Waals surface area contributed by atoms with Crippen molar-refractivity contribution in [2.75, 3.05) is 26.3 Å². The van der Waals surface area contributed by atoms with Crippen LogP contribution in [0.1, 0.15) is 37.5 Å². The fraction of sp³-hybridized carbons (Fsp3) is 0.600. The molecule has 1 saturated heterocycles.